The maximum Gasteiger partial charge on any atom is 0.255 e. The van der Waals surface area contributed by atoms with Gasteiger partial charge in [0.25, 0.3) is 5.91 Å². The van der Waals surface area contributed by atoms with E-state index in [0.717, 1.165) is 23.7 Å². The monoisotopic (exact) mass is 336 g/mol. The number of piperidine rings is 1. The van der Waals surface area contributed by atoms with Gasteiger partial charge in [-0.15, -0.1) is 0 Å². The van der Waals surface area contributed by atoms with Crippen LogP contribution in [-0.2, 0) is 6.54 Å². The molecule has 3 rings (SSSR count). The summed E-state index contributed by atoms with van der Waals surface area (Å²) in [4.78, 5) is 15.0. The molecule has 2 aromatic rings. The van der Waals surface area contributed by atoms with Gasteiger partial charge in [-0.1, -0.05) is 31.2 Å². The predicted octanol–water partition coefficient (Wildman–Crippen LogP) is 4.79. The van der Waals surface area contributed by atoms with Crippen molar-refractivity contribution in [2.75, 3.05) is 18.4 Å². The molecule has 0 bridgehead atoms. The third kappa shape index (κ3) is 4.49. The summed E-state index contributed by atoms with van der Waals surface area (Å²) in [6.45, 7) is 9.76. The van der Waals surface area contributed by atoms with E-state index < -0.39 is 0 Å². The van der Waals surface area contributed by atoms with E-state index in [1.165, 1.54) is 37.1 Å². The molecule has 1 heterocycles. The zero-order valence-corrected chi connectivity index (χ0v) is 15.5. The summed E-state index contributed by atoms with van der Waals surface area (Å²) in [6, 6.07) is 14.0. The van der Waals surface area contributed by atoms with E-state index in [-0.39, 0.29) is 5.91 Å². The van der Waals surface area contributed by atoms with Crippen LogP contribution in [-0.4, -0.2) is 23.9 Å². The normalized spacial score (nSPS) is 16.0. The number of amides is 1. The molecule has 1 aliphatic heterocycles. The Labute approximate surface area is 151 Å². The van der Waals surface area contributed by atoms with Crippen LogP contribution >= 0.6 is 0 Å². The Morgan fingerprint density at radius 3 is 2.44 bits per heavy atom. The molecule has 0 saturated carbocycles. The molecule has 3 heteroatoms. The molecule has 1 aliphatic rings. The van der Waals surface area contributed by atoms with Gasteiger partial charge in [-0.3, -0.25) is 9.69 Å². The summed E-state index contributed by atoms with van der Waals surface area (Å²) in [7, 11) is 0. The fraction of sp³-hybridized carbons (Fsp3) is 0.409. The molecule has 0 aliphatic carbocycles. The van der Waals surface area contributed by atoms with Crippen molar-refractivity contribution in [2.45, 2.75) is 40.2 Å². The van der Waals surface area contributed by atoms with Gasteiger partial charge in [0.15, 0.2) is 0 Å². The number of carbonyl (C=O) groups excluding carboxylic acids is 1. The first-order valence-corrected chi connectivity index (χ1v) is 9.22. The molecule has 1 amide bonds. The summed E-state index contributed by atoms with van der Waals surface area (Å²) >= 11 is 0. The molecule has 3 nitrogen and oxygen atoms in total. The van der Waals surface area contributed by atoms with Crippen molar-refractivity contribution in [3.05, 3.63) is 64.7 Å². The molecule has 1 fully saturated rings. The summed E-state index contributed by atoms with van der Waals surface area (Å²) in [5.74, 6) is 0.805. The van der Waals surface area contributed by atoms with E-state index >= 15 is 0 Å². The number of likely N-dealkylation sites (tertiary alicyclic amines) is 1. The first-order valence-electron chi connectivity index (χ1n) is 9.22. The Bertz CT molecular complexity index is 728. The summed E-state index contributed by atoms with van der Waals surface area (Å²) < 4.78 is 0. The predicted molar refractivity (Wildman–Crippen MR) is 104 cm³/mol. The highest BCUT2D eigenvalue weighted by atomic mass is 16.1. The second kappa shape index (κ2) is 7.83. The van der Waals surface area contributed by atoms with Crippen LogP contribution < -0.4 is 5.32 Å². The van der Waals surface area contributed by atoms with Crippen LogP contribution in [0.4, 0.5) is 5.69 Å². The Balaban J connectivity index is 1.61. The van der Waals surface area contributed by atoms with Crippen molar-refractivity contribution in [1.82, 2.24) is 4.90 Å². The molecular weight excluding hydrogens is 308 g/mol. The first-order chi connectivity index (χ1) is 12.0. The lowest BCUT2D eigenvalue weighted by atomic mass is 9.99. The lowest BCUT2D eigenvalue weighted by molar-refractivity contribution is 0.102. The van der Waals surface area contributed by atoms with Crippen LogP contribution in [0.2, 0.25) is 0 Å². The van der Waals surface area contributed by atoms with Crippen molar-refractivity contribution in [1.29, 1.82) is 0 Å². The average Bonchev–Trinajstić information content (AvgIpc) is 2.61. The van der Waals surface area contributed by atoms with Crippen LogP contribution in [0.5, 0.6) is 0 Å². The number of nitrogens with one attached hydrogen (secondary N) is 1. The lowest BCUT2D eigenvalue weighted by Gasteiger charge is -2.30. The van der Waals surface area contributed by atoms with Gasteiger partial charge in [-0.05, 0) is 80.6 Å². The van der Waals surface area contributed by atoms with Crippen LogP contribution in [0.3, 0.4) is 0 Å². The van der Waals surface area contributed by atoms with E-state index in [9.17, 15) is 4.79 Å². The molecule has 1 N–H and O–H groups in total. The second-order valence-electron chi connectivity index (χ2n) is 7.36. The van der Waals surface area contributed by atoms with E-state index in [0.29, 0.717) is 5.56 Å². The minimum absolute atomic E-state index is 0.0490. The highest BCUT2D eigenvalue weighted by Gasteiger charge is 2.16. The number of hydrogen-bond acceptors (Lipinski definition) is 2. The SMILES string of the molecule is Cc1cccc(NC(=O)c2ccc(CN3CCC(C)CC3)cc2)c1C. The standard InChI is InChI=1S/C22H28N2O/c1-16-11-13-24(14-12-16)15-19-7-9-20(10-8-19)22(25)23-21-6-4-5-17(2)18(21)3/h4-10,16H,11-15H2,1-3H3,(H,23,25). The van der Waals surface area contributed by atoms with Crippen LogP contribution in [0, 0.1) is 19.8 Å². The molecule has 25 heavy (non-hydrogen) atoms. The van der Waals surface area contributed by atoms with Crippen molar-refractivity contribution in [3.63, 3.8) is 0 Å². The molecule has 0 spiro atoms. The molecule has 1 saturated heterocycles. The zero-order valence-electron chi connectivity index (χ0n) is 15.5. The van der Waals surface area contributed by atoms with E-state index in [2.05, 4.69) is 42.3 Å². The molecule has 0 aromatic heterocycles. The number of benzene rings is 2. The molecule has 0 atom stereocenters. The number of carbonyl (C=O) groups is 1. The van der Waals surface area contributed by atoms with Crippen LogP contribution in [0.1, 0.15) is 46.8 Å². The highest BCUT2D eigenvalue weighted by molar-refractivity contribution is 6.04. The number of nitrogens with zero attached hydrogens (tertiary/aromatic N) is 1. The van der Waals surface area contributed by atoms with E-state index in [4.69, 9.17) is 0 Å². The Morgan fingerprint density at radius 2 is 1.76 bits per heavy atom. The topological polar surface area (TPSA) is 32.3 Å². The highest BCUT2D eigenvalue weighted by Crippen LogP contribution is 2.20. The molecular formula is C22H28N2O. The first kappa shape index (κ1) is 17.7. The molecule has 0 radical (unpaired) electrons. The van der Waals surface area contributed by atoms with Gasteiger partial charge in [0, 0.05) is 17.8 Å². The Hall–Kier alpha value is -2.13. The van der Waals surface area contributed by atoms with Gasteiger partial charge in [0.2, 0.25) is 0 Å². The third-order valence-electron chi connectivity index (χ3n) is 5.35. The van der Waals surface area contributed by atoms with E-state index in [1.807, 2.05) is 31.2 Å². The van der Waals surface area contributed by atoms with Crippen molar-refractivity contribution in [2.24, 2.45) is 5.92 Å². The summed E-state index contributed by atoms with van der Waals surface area (Å²) in [5.41, 5.74) is 5.17. The van der Waals surface area contributed by atoms with Crippen molar-refractivity contribution < 1.29 is 4.79 Å². The zero-order chi connectivity index (χ0) is 17.8. The van der Waals surface area contributed by atoms with Gasteiger partial charge in [-0.2, -0.15) is 0 Å². The molecule has 0 unspecified atom stereocenters. The number of rotatable bonds is 4. The number of anilines is 1. The smallest absolute Gasteiger partial charge is 0.255 e. The minimum atomic E-state index is -0.0490. The van der Waals surface area contributed by atoms with Crippen LogP contribution in [0.25, 0.3) is 0 Å². The quantitative estimate of drug-likeness (QED) is 0.871. The third-order valence-corrected chi connectivity index (χ3v) is 5.35. The van der Waals surface area contributed by atoms with Crippen LogP contribution in [0.15, 0.2) is 42.5 Å². The average molecular weight is 336 g/mol. The summed E-state index contributed by atoms with van der Waals surface area (Å²) in [6.07, 6.45) is 2.58. The molecule has 132 valence electrons. The minimum Gasteiger partial charge on any atom is -0.322 e. The Morgan fingerprint density at radius 1 is 1.08 bits per heavy atom. The number of hydrogen-bond donors (Lipinski definition) is 1. The fourth-order valence-corrected chi connectivity index (χ4v) is 3.32. The molecule has 2 aromatic carbocycles. The van der Waals surface area contributed by atoms with Gasteiger partial charge in [-0.25, -0.2) is 0 Å². The van der Waals surface area contributed by atoms with E-state index in [1.54, 1.807) is 0 Å². The van der Waals surface area contributed by atoms with Gasteiger partial charge in [0.1, 0.15) is 0 Å². The Kier molecular flexibility index (Phi) is 5.54. The summed E-state index contributed by atoms with van der Waals surface area (Å²) in [5, 5.41) is 3.02. The lowest BCUT2D eigenvalue weighted by Crippen LogP contribution is -2.32. The van der Waals surface area contributed by atoms with Crippen molar-refractivity contribution in [3.8, 4) is 0 Å². The second-order valence-corrected chi connectivity index (χ2v) is 7.36. The fourth-order valence-electron chi connectivity index (χ4n) is 3.32. The number of aryl methyl sites for hydroxylation is 1. The van der Waals surface area contributed by atoms with Gasteiger partial charge < -0.3 is 5.32 Å². The van der Waals surface area contributed by atoms with Gasteiger partial charge >= 0.3 is 0 Å². The largest absolute Gasteiger partial charge is 0.322 e. The maximum absolute atomic E-state index is 12.5. The van der Waals surface area contributed by atoms with Gasteiger partial charge in [0.05, 0.1) is 0 Å². The van der Waals surface area contributed by atoms with Crippen molar-refractivity contribution >= 4 is 11.6 Å². The maximum atomic E-state index is 12.5.